The van der Waals surface area contributed by atoms with E-state index in [1.165, 1.54) is 23.1 Å². The zero-order valence-corrected chi connectivity index (χ0v) is 18.2. The molecule has 0 unspecified atom stereocenters. The van der Waals surface area contributed by atoms with E-state index in [2.05, 4.69) is 38.0 Å². The van der Waals surface area contributed by atoms with Crippen molar-refractivity contribution < 1.29 is 4.79 Å². The van der Waals surface area contributed by atoms with Gasteiger partial charge in [-0.25, -0.2) is 4.98 Å². The van der Waals surface area contributed by atoms with E-state index < -0.39 is 0 Å². The number of carbonyl (C=O) groups excluding carboxylic acids is 1. The third-order valence-corrected chi connectivity index (χ3v) is 6.14. The topological polar surface area (TPSA) is 64.0 Å². The number of benzene rings is 1. The van der Waals surface area contributed by atoms with Gasteiger partial charge in [0.25, 0.3) is 5.56 Å². The van der Waals surface area contributed by atoms with Gasteiger partial charge >= 0.3 is 0 Å². The van der Waals surface area contributed by atoms with Crippen molar-refractivity contribution in [3.63, 3.8) is 0 Å². The zero-order valence-electron chi connectivity index (χ0n) is 16.6. The van der Waals surface area contributed by atoms with E-state index in [4.69, 9.17) is 0 Å². The van der Waals surface area contributed by atoms with Crippen molar-refractivity contribution in [2.24, 2.45) is 5.92 Å². The molecule has 1 amide bonds. The number of aromatic nitrogens is 2. The van der Waals surface area contributed by atoms with Crippen molar-refractivity contribution in [1.82, 2.24) is 9.55 Å². The normalized spacial score (nSPS) is 11.5. The van der Waals surface area contributed by atoms with Crippen LogP contribution in [0, 0.1) is 5.92 Å². The molecule has 0 bridgehead atoms. The van der Waals surface area contributed by atoms with Gasteiger partial charge in [-0.3, -0.25) is 14.2 Å². The molecular formula is C21H25N3O2S2. The van der Waals surface area contributed by atoms with Crippen LogP contribution in [0.25, 0.3) is 10.2 Å². The Labute approximate surface area is 173 Å². The van der Waals surface area contributed by atoms with Crippen LogP contribution in [-0.2, 0) is 11.3 Å². The molecule has 2 aromatic heterocycles. The Morgan fingerprint density at radius 2 is 1.96 bits per heavy atom. The van der Waals surface area contributed by atoms with E-state index >= 15 is 0 Å². The molecule has 0 radical (unpaired) electrons. The Morgan fingerprint density at radius 3 is 2.68 bits per heavy atom. The van der Waals surface area contributed by atoms with E-state index in [1.54, 1.807) is 4.57 Å². The quantitative estimate of drug-likeness (QED) is 0.437. The number of amides is 1. The highest BCUT2D eigenvalue weighted by Gasteiger charge is 2.16. The summed E-state index contributed by atoms with van der Waals surface area (Å²) in [5, 5.41) is 5.47. The Morgan fingerprint density at radius 1 is 1.21 bits per heavy atom. The summed E-state index contributed by atoms with van der Waals surface area (Å²) >= 11 is 2.72. The van der Waals surface area contributed by atoms with Crippen LogP contribution in [0.15, 0.2) is 45.7 Å². The van der Waals surface area contributed by atoms with Crippen molar-refractivity contribution in [3.8, 4) is 0 Å². The molecule has 0 fully saturated rings. The molecule has 3 aromatic rings. The van der Waals surface area contributed by atoms with Crippen LogP contribution in [0.3, 0.4) is 0 Å². The van der Waals surface area contributed by atoms with Gasteiger partial charge in [0.15, 0.2) is 5.16 Å². The van der Waals surface area contributed by atoms with Crippen LogP contribution >= 0.6 is 23.1 Å². The molecule has 2 heterocycles. The standard InChI is InChI=1S/C21H25N3O2S2/c1-13(2)11-24-20(26)19-17(9-10-27-19)23-21(24)28-12-18(25)22-16-8-6-5-7-15(16)14(3)4/h5-10,13-14H,11-12H2,1-4H3,(H,22,25). The summed E-state index contributed by atoms with van der Waals surface area (Å²) in [6.07, 6.45) is 0. The molecule has 0 aliphatic carbocycles. The SMILES string of the molecule is CC(C)Cn1c(SCC(=O)Nc2ccccc2C(C)C)nc2ccsc2c1=O. The molecular weight excluding hydrogens is 390 g/mol. The number of fused-ring (bicyclic) bond motifs is 1. The van der Waals surface area contributed by atoms with Crippen molar-refractivity contribution in [2.75, 3.05) is 11.1 Å². The largest absolute Gasteiger partial charge is 0.325 e. The summed E-state index contributed by atoms with van der Waals surface area (Å²) in [4.78, 5) is 30.0. The van der Waals surface area contributed by atoms with Crippen LogP contribution in [0.4, 0.5) is 5.69 Å². The third kappa shape index (κ3) is 4.64. The van der Waals surface area contributed by atoms with Gasteiger partial charge in [-0.05, 0) is 34.9 Å². The van der Waals surface area contributed by atoms with Gasteiger partial charge in [-0.2, -0.15) is 0 Å². The maximum atomic E-state index is 12.8. The number of hydrogen-bond acceptors (Lipinski definition) is 5. The molecule has 3 rings (SSSR count). The molecule has 1 aromatic carbocycles. The molecule has 0 saturated heterocycles. The predicted molar refractivity (Wildman–Crippen MR) is 119 cm³/mol. The minimum Gasteiger partial charge on any atom is -0.325 e. The summed E-state index contributed by atoms with van der Waals surface area (Å²) in [6.45, 7) is 8.92. The molecule has 5 nitrogen and oxygen atoms in total. The van der Waals surface area contributed by atoms with Gasteiger partial charge in [0, 0.05) is 12.2 Å². The van der Waals surface area contributed by atoms with Gasteiger partial charge in [0.1, 0.15) is 4.70 Å². The fourth-order valence-corrected chi connectivity index (χ4v) is 4.58. The number of nitrogens with zero attached hydrogens (tertiary/aromatic N) is 2. The predicted octanol–water partition coefficient (Wildman–Crippen LogP) is 4.97. The molecule has 0 atom stereocenters. The molecule has 1 N–H and O–H groups in total. The summed E-state index contributed by atoms with van der Waals surface area (Å²) < 4.78 is 2.36. The van der Waals surface area contributed by atoms with Gasteiger partial charge < -0.3 is 5.32 Å². The van der Waals surface area contributed by atoms with E-state index in [-0.39, 0.29) is 17.2 Å². The molecule has 148 valence electrons. The maximum Gasteiger partial charge on any atom is 0.272 e. The number of thiophene rings is 1. The van der Waals surface area contributed by atoms with Gasteiger partial charge in [0.05, 0.1) is 11.3 Å². The third-order valence-electron chi connectivity index (χ3n) is 4.27. The number of rotatable bonds is 7. The zero-order chi connectivity index (χ0) is 20.3. The first-order valence-corrected chi connectivity index (χ1v) is 11.2. The number of hydrogen-bond donors (Lipinski definition) is 1. The van der Waals surface area contributed by atoms with Crippen LogP contribution in [0.5, 0.6) is 0 Å². The fourth-order valence-electron chi connectivity index (χ4n) is 2.99. The van der Waals surface area contributed by atoms with E-state index in [0.29, 0.717) is 33.8 Å². The monoisotopic (exact) mass is 415 g/mol. The molecule has 28 heavy (non-hydrogen) atoms. The van der Waals surface area contributed by atoms with E-state index in [9.17, 15) is 9.59 Å². The maximum absolute atomic E-state index is 12.8. The lowest BCUT2D eigenvalue weighted by Gasteiger charge is -2.15. The summed E-state index contributed by atoms with van der Waals surface area (Å²) in [7, 11) is 0. The van der Waals surface area contributed by atoms with Crippen LogP contribution in [-0.4, -0.2) is 21.2 Å². The lowest BCUT2D eigenvalue weighted by atomic mass is 10.0. The number of carbonyl (C=O) groups is 1. The van der Waals surface area contributed by atoms with Crippen molar-refractivity contribution in [3.05, 3.63) is 51.6 Å². The molecule has 0 spiro atoms. The highest BCUT2D eigenvalue weighted by molar-refractivity contribution is 7.99. The molecule has 7 heteroatoms. The second-order valence-corrected chi connectivity index (χ2v) is 9.28. The smallest absolute Gasteiger partial charge is 0.272 e. The van der Waals surface area contributed by atoms with Crippen LogP contribution in [0.2, 0.25) is 0 Å². The van der Waals surface area contributed by atoms with Crippen LogP contribution < -0.4 is 10.9 Å². The summed E-state index contributed by atoms with van der Waals surface area (Å²) in [5.74, 6) is 0.729. The lowest BCUT2D eigenvalue weighted by molar-refractivity contribution is -0.113. The van der Waals surface area contributed by atoms with Crippen molar-refractivity contribution >= 4 is 44.9 Å². The second kappa shape index (κ2) is 8.92. The van der Waals surface area contributed by atoms with Gasteiger partial charge in [-0.15, -0.1) is 11.3 Å². The highest BCUT2D eigenvalue weighted by Crippen LogP contribution is 2.25. The Hall–Kier alpha value is -2.12. The first kappa shape index (κ1) is 20.6. The second-order valence-electron chi connectivity index (χ2n) is 7.42. The Kier molecular flexibility index (Phi) is 6.57. The Balaban J connectivity index is 1.79. The minimum atomic E-state index is -0.103. The van der Waals surface area contributed by atoms with Crippen molar-refractivity contribution in [2.45, 2.75) is 45.3 Å². The van der Waals surface area contributed by atoms with E-state index in [0.717, 1.165) is 11.3 Å². The van der Waals surface area contributed by atoms with Crippen molar-refractivity contribution in [1.29, 1.82) is 0 Å². The number of anilines is 1. The first-order chi connectivity index (χ1) is 13.4. The summed E-state index contributed by atoms with van der Waals surface area (Å²) in [5.41, 5.74) is 2.61. The average Bonchev–Trinajstić information content (AvgIpc) is 3.11. The molecule has 0 saturated carbocycles. The number of thioether (sulfide) groups is 1. The average molecular weight is 416 g/mol. The number of para-hydroxylation sites is 1. The Bertz CT molecular complexity index is 1040. The molecule has 0 aliphatic heterocycles. The minimum absolute atomic E-state index is 0.0261. The first-order valence-electron chi connectivity index (χ1n) is 9.36. The highest BCUT2D eigenvalue weighted by atomic mass is 32.2. The van der Waals surface area contributed by atoms with Gasteiger partial charge in [-0.1, -0.05) is 57.7 Å². The summed E-state index contributed by atoms with van der Waals surface area (Å²) in [6, 6.07) is 9.69. The lowest BCUT2D eigenvalue weighted by Crippen LogP contribution is -2.25. The van der Waals surface area contributed by atoms with Gasteiger partial charge in [0.2, 0.25) is 5.91 Å². The fraction of sp³-hybridized carbons (Fsp3) is 0.381. The van der Waals surface area contributed by atoms with Crippen LogP contribution in [0.1, 0.15) is 39.2 Å². The van der Waals surface area contributed by atoms with E-state index in [1.807, 2.05) is 35.7 Å². The molecule has 0 aliphatic rings. The number of nitrogens with one attached hydrogen (secondary N) is 1.